The van der Waals surface area contributed by atoms with Crippen LogP contribution < -0.4 is 10.3 Å². The third-order valence-corrected chi connectivity index (χ3v) is 6.82. The van der Waals surface area contributed by atoms with Gasteiger partial charge in [-0.3, -0.25) is 4.79 Å². The van der Waals surface area contributed by atoms with Crippen molar-refractivity contribution in [3.63, 3.8) is 0 Å². The fourth-order valence-corrected chi connectivity index (χ4v) is 4.10. The molecule has 0 aliphatic carbocycles. The third-order valence-electron chi connectivity index (χ3n) is 4.25. The summed E-state index contributed by atoms with van der Waals surface area (Å²) >= 11 is 11.6. The van der Waals surface area contributed by atoms with Gasteiger partial charge in [0.15, 0.2) is 0 Å². The number of nitrogens with zero attached hydrogens (tertiary/aromatic N) is 3. The van der Waals surface area contributed by atoms with Crippen LogP contribution in [0.1, 0.15) is 5.56 Å². The number of ether oxygens (including phenoxy) is 1. The molecule has 0 unspecified atom stereocenters. The SMILES string of the molecule is COc1ccccc1CN(C)S(=O)(=O)c1ccc(-n2ncc(Cl)c(Cl)c2=O)cc1. The lowest BCUT2D eigenvalue weighted by Gasteiger charge is -2.19. The molecule has 10 heteroatoms. The molecule has 0 radical (unpaired) electrons. The second kappa shape index (κ2) is 8.54. The average molecular weight is 454 g/mol. The molecule has 1 heterocycles. The summed E-state index contributed by atoms with van der Waals surface area (Å²) in [4.78, 5) is 12.3. The molecule has 7 nitrogen and oxygen atoms in total. The zero-order valence-electron chi connectivity index (χ0n) is 15.5. The summed E-state index contributed by atoms with van der Waals surface area (Å²) in [5.41, 5.74) is 0.507. The summed E-state index contributed by atoms with van der Waals surface area (Å²) in [5, 5.41) is 3.81. The highest BCUT2D eigenvalue weighted by atomic mass is 35.5. The maximum absolute atomic E-state index is 12.9. The van der Waals surface area contributed by atoms with Gasteiger partial charge in [0.25, 0.3) is 5.56 Å². The lowest BCUT2D eigenvalue weighted by molar-refractivity contribution is 0.398. The van der Waals surface area contributed by atoms with Gasteiger partial charge in [0.2, 0.25) is 10.0 Å². The first-order valence-electron chi connectivity index (χ1n) is 8.37. The summed E-state index contributed by atoms with van der Waals surface area (Å²) in [6.07, 6.45) is 1.25. The highest BCUT2D eigenvalue weighted by Gasteiger charge is 2.22. The van der Waals surface area contributed by atoms with Crippen LogP contribution in [-0.2, 0) is 16.6 Å². The normalized spacial score (nSPS) is 11.6. The summed E-state index contributed by atoms with van der Waals surface area (Å²) in [6.45, 7) is 0.141. The molecule has 0 N–H and O–H groups in total. The van der Waals surface area contributed by atoms with E-state index in [1.165, 1.54) is 48.9 Å². The Morgan fingerprint density at radius 2 is 1.76 bits per heavy atom. The van der Waals surface area contributed by atoms with Crippen LogP contribution in [0.5, 0.6) is 5.75 Å². The number of aromatic nitrogens is 2. The molecule has 0 spiro atoms. The molecule has 2 aromatic carbocycles. The van der Waals surface area contributed by atoms with E-state index in [0.717, 1.165) is 10.2 Å². The van der Waals surface area contributed by atoms with Crippen LogP contribution in [-0.4, -0.2) is 36.7 Å². The zero-order chi connectivity index (χ0) is 21.2. The fourth-order valence-electron chi connectivity index (χ4n) is 2.69. The Labute approximate surface area is 178 Å². The Hall–Kier alpha value is -2.39. The van der Waals surface area contributed by atoms with Crippen molar-refractivity contribution in [2.24, 2.45) is 0 Å². The molecule has 29 heavy (non-hydrogen) atoms. The highest BCUT2D eigenvalue weighted by Crippen LogP contribution is 2.23. The topological polar surface area (TPSA) is 81.5 Å². The number of hydrogen-bond acceptors (Lipinski definition) is 5. The van der Waals surface area contributed by atoms with E-state index in [1.807, 2.05) is 12.1 Å². The maximum atomic E-state index is 12.9. The molecule has 0 atom stereocenters. The Morgan fingerprint density at radius 3 is 2.41 bits per heavy atom. The number of sulfonamides is 1. The predicted octanol–water partition coefficient (Wildman–Crippen LogP) is 3.37. The second-order valence-corrected chi connectivity index (χ2v) is 8.92. The first-order valence-corrected chi connectivity index (χ1v) is 10.6. The number of hydrogen-bond donors (Lipinski definition) is 0. The summed E-state index contributed by atoms with van der Waals surface area (Å²) < 4.78 is 33.4. The molecule has 1 aromatic heterocycles. The van der Waals surface area contributed by atoms with E-state index in [1.54, 1.807) is 12.1 Å². The zero-order valence-corrected chi connectivity index (χ0v) is 17.9. The number of methoxy groups -OCH3 is 1. The molecule has 0 saturated heterocycles. The van der Waals surface area contributed by atoms with Gasteiger partial charge >= 0.3 is 0 Å². The van der Waals surface area contributed by atoms with Crippen molar-refractivity contribution in [2.75, 3.05) is 14.2 Å². The molecule has 3 aromatic rings. The fraction of sp³-hybridized carbons (Fsp3) is 0.158. The van der Waals surface area contributed by atoms with Crippen LogP contribution in [0.15, 0.2) is 64.4 Å². The van der Waals surface area contributed by atoms with E-state index in [2.05, 4.69) is 5.10 Å². The second-order valence-electron chi connectivity index (χ2n) is 6.09. The number of halogens is 2. The molecule has 0 amide bonds. The largest absolute Gasteiger partial charge is 0.496 e. The van der Waals surface area contributed by atoms with Crippen LogP contribution in [0.4, 0.5) is 0 Å². The standard InChI is InChI=1S/C19H17Cl2N3O4S/c1-23(12-13-5-3-4-6-17(13)28-2)29(26,27)15-9-7-14(8-10-15)24-19(25)18(21)16(20)11-22-24/h3-11H,12H2,1-2H3. The quantitative estimate of drug-likeness (QED) is 0.571. The van der Waals surface area contributed by atoms with E-state index in [0.29, 0.717) is 11.4 Å². The first-order chi connectivity index (χ1) is 13.8. The van der Waals surface area contributed by atoms with Crippen molar-refractivity contribution < 1.29 is 13.2 Å². The van der Waals surface area contributed by atoms with E-state index in [9.17, 15) is 13.2 Å². The van der Waals surface area contributed by atoms with E-state index < -0.39 is 15.6 Å². The predicted molar refractivity (Wildman–Crippen MR) is 112 cm³/mol. The molecule has 0 bridgehead atoms. The molecule has 0 aliphatic rings. The van der Waals surface area contributed by atoms with Crippen molar-refractivity contribution in [3.8, 4) is 11.4 Å². The van der Waals surface area contributed by atoms with Crippen molar-refractivity contribution in [2.45, 2.75) is 11.4 Å². The summed E-state index contributed by atoms with van der Waals surface area (Å²) in [5.74, 6) is 0.606. The van der Waals surface area contributed by atoms with Crippen LogP contribution in [0.25, 0.3) is 5.69 Å². The van der Waals surface area contributed by atoms with Gasteiger partial charge in [0.1, 0.15) is 10.8 Å². The van der Waals surface area contributed by atoms with Crippen LogP contribution in [0.2, 0.25) is 10.0 Å². The molecule has 0 fully saturated rings. The summed E-state index contributed by atoms with van der Waals surface area (Å²) in [7, 11) is -0.744. The van der Waals surface area contributed by atoms with Crippen LogP contribution >= 0.6 is 23.2 Å². The minimum absolute atomic E-state index is 0.0464. The van der Waals surface area contributed by atoms with Gasteiger partial charge in [0, 0.05) is 19.2 Å². The molecular weight excluding hydrogens is 437 g/mol. The van der Waals surface area contributed by atoms with Crippen molar-refractivity contribution >= 4 is 33.2 Å². The van der Waals surface area contributed by atoms with Gasteiger partial charge in [-0.15, -0.1) is 0 Å². The summed E-state index contributed by atoms with van der Waals surface area (Å²) in [6, 6.07) is 13.0. The lowest BCUT2D eigenvalue weighted by atomic mass is 10.2. The number of para-hydroxylation sites is 1. The molecule has 0 saturated carbocycles. The first kappa shape index (κ1) is 21.3. The van der Waals surface area contributed by atoms with Crippen LogP contribution in [0.3, 0.4) is 0 Å². The Morgan fingerprint density at radius 1 is 1.10 bits per heavy atom. The van der Waals surface area contributed by atoms with Gasteiger partial charge < -0.3 is 4.74 Å². The third kappa shape index (κ3) is 4.30. The molecule has 3 rings (SSSR count). The molecule has 0 aliphatic heterocycles. The van der Waals surface area contributed by atoms with E-state index in [-0.39, 0.29) is 21.5 Å². The number of rotatable bonds is 6. The van der Waals surface area contributed by atoms with Gasteiger partial charge in [-0.05, 0) is 30.3 Å². The number of benzene rings is 2. The van der Waals surface area contributed by atoms with Crippen molar-refractivity contribution in [1.82, 2.24) is 14.1 Å². The Kier molecular flexibility index (Phi) is 6.28. The minimum Gasteiger partial charge on any atom is -0.496 e. The van der Waals surface area contributed by atoms with Crippen molar-refractivity contribution in [1.29, 1.82) is 0 Å². The monoisotopic (exact) mass is 453 g/mol. The van der Waals surface area contributed by atoms with Gasteiger partial charge in [-0.1, -0.05) is 41.4 Å². The minimum atomic E-state index is -3.76. The Bertz CT molecular complexity index is 1190. The highest BCUT2D eigenvalue weighted by molar-refractivity contribution is 7.89. The average Bonchev–Trinajstić information content (AvgIpc) is 2.72. The molecule has 152 valence electrons. The van der Waals surface area contributed by atoms with Crippen molar-refractivity contribution in [3.05, 3.63) is 80.7 Å². The lowest BCUT2D eigenvalue weighted by Crippen LogP contribution is -2.27. The van der Waals surface area contributed by atoms with Crippen LogP contribution in [0, 0.1) is 0 Å². The van der Waals surface area contributed by atoms with E-state index in [4.69, 9.17) is 27.9 Å². The smallest absolute Gasteiger partial charge is 0.291 e. The maximum Gasteiger partial charge on any atom is 0.291 e. The van der Waals surface area contributed by atoms with Gasteiger partial charge in [-0.2, -0.15) is 14.1 Å². The van der Waals surface area contributed by atoms with Gasteiger partial charge in [-0.25, -0.2) is 8.42 Å². The molecular formula is C19H17Cl2N3O4S. The van der Waals surface area contributed by atoms with E-state index >= 15 is 0 Å². The Balaban J connectivity index is 1.88. The van der Waals surface area contributed by atoms with Gasteiger partial charge in [0.05, 0.1) is 28.9 Å².